The third-order valence-electron chi connectivity index (χ3n) is 5.04. The smallest absolute Gasteiger partial charge is 0.256 e. The summed E-state index contributed by atoms with van der Waals surface area (Å²) in [7, 11) is 0. The number of carbonyl (C=O) groups is 1. The molecule has 0 aliphatic carbocycles. The van der Waals surface area contributed by atoms with E-state index in [1.165, 1.54) is 18.5 Å². The first kappa shape index (κ1) is 18.1. The largest absolute Gasteiger partial charge is 0.372 e. The van der Waals surface area contributed by atoms with Crippen molar-refractivity contribution in [3.8, 4) is 0 Å². The zero-order chi connectivity index (χ0) is 19.2. The SMILES string of the molecule is O=C(Nc1ccc(N2CCCC2)cc1)/C(=C/c1ccccc1)c1ccccc1. The molecule has 1 aliphatic heterocycles. The molecule has 3 aromatic rings. The van der Waals surface area contributed by atoms with E-state index in [-0.39, 0.29) is 5.91 Å². The molecule has 0 atom stereocenters. The van der Waals surface area contributed by atoms with Gasteiger partial charge in [-0.3, -0.25) is 4.79 Å². The second-order valence-corrected chi connectivity index (χ2v) is 7.03. The third kappa shape index (κ3) is 4.32. The van der Waals surface area contributed by atoms with E-state index in [0.717, 1.165) is 29.9 Å². The van der Waals surface area contributed by atoms with Crippen molar-refractivity contribution >= 4 is 28.9 Å². The molecule has 0 radical (unpaired) electrons. The molecule has 1 heterocycles. The Morgan fingerprint density at radius 1 is 0.786 bits per heavy atom. The average Bonchev–Trinajstić information content (AvgIpc) is 3.29. The normalized spacial score (nSPS) is 14.1. The second kappa shape index (κ2) is 8.57. The molecule has 0 saturated carbocycles. The lowest BCUT2D eigenvalue weighted by atomic mass is 10.0. The minimum absolute atomic E-state index is 0.107. The summed E-state index contributed by atoms with van der Waals surface area (Å²) in [6.07, 6.45) is 4.44. The predicted octanol–water partition coefficient (Wildman–Crippen LogP) is 5.47. The van der Waals surface area contributed by atoms with E-state index >= 15 is 0 Å². The summed E-state index contributed by atoms with van der Waals surface area (Å²) < 4.78 is 0. The molecule has 140 valence electrons. The molecular formula is C25H24N2O. The maximum Gasteiger partial charge on any atom is 0.256 e. The Labute approximate surface area is 166 Å². The summed E-state index contributed by atoms with van der Waals surface area (Å²) in [5, 5.41) is 3.05. The topological polar surface area (TPSA) is 32.3 Å². The molecule has 0 aromatic heterocycles. The number of benzene rings is 3. The van der Waals surface area contributed by atoms with Crippen LogP contribution in [0.2, 0.25) is 0 Å². The summed E-state index contributed by atoms with van der Waals surface area (Å²) in [4.78, 5) is 15.5. The van der Waals surface area contributed by atoms with Crippen LogP contribution in [-0.4, -0.2) is 19.0 Å². The van der Waals surface area contributed by atoms with Crippen molar-refractivity contribution in [3.05, 3.63) is 96.1 Å². The highest BCUT2D eigenvalue weighted by atomic mass is 16.1. The zero-order valence-electron chi connectivity index (χ0n) is 15.8. The first-order valence-electron chi connectivity index (χ1n) is 9.78. The van der Waals surface area contributed by atoms with Gasteiger partial charge in [-0.15, -0.1) is 0 Å². The molecule has 1 saturated heterocycles. The third-order valence-corrected chi connectivity index (χ3v) is 5.04. The van der Waals surface area contributed by atoms with Gasteiger partial charge in [-0.05, 0) is 54.3 Å². The standard InChI is InChI=1S/C25H24N2O/c28-25(26-22-13-15-23(16-14-22)27-17-7-8-18-27)24(21-11-5-2-6-12-21)19-20-9-3-1-4-10-20/h1-6,9-16,19H,7-8,17-18H2,(H,26,28)/b24-19+. The van der Waals surface area contributed by atoms with Gasteiger partial charge >= 0.3 is 0 Å². The second-order valence-electron chi connectivity index (χ2n) is 7.03. The lowest BCUT2D eigenvalue weighted by molar-refractivity contribution is -0.111. The lowest BCUT2D eigenvalue weighted by Gasteiger charge is -2.18. The number of hydrogen-bond donors (Lipinski definition) is 1. The fourth-order valence-corrected chi connectivity index (χ4v) is 3.54. The van der Waals surface area contributed by atoms with E-state index in [2.05, 4.69) is 22.3 Å². The van der Waals surface area contributed by atoms with Gasteiger partial charge in [0.05, 0.1) is 0 Å². The van der Waals surface area contributed by atoms with Crippen LogP contribution in [0.25, 0.3) is 11.6 Å². The van der Waals surface area contributed by atoms with E-state index in [9.17, 15) is 4.79 Å². The van der Waals surface area contributed by atoms with Crippen LogP contribution >= 0.6 is 0 Å². The lowest BCUT2D eigenvalue weighted by Crippen LogP contribution is -2.17. The van der Waals surface area contributed by atoms with Gasteiger partial charge in [-0.2, -0.15) is 0 Å². The number of amides is 1. The molecule has 3 aromatic carbocycles. The van der Waals surface area contributed by atoms with Crippen LogP contribution in [0.3, 0.4) is 0 Å². The maximum atomic E-state index is 13.1. The monoisotopic (exact) mass is 368 g/mol. The van der Waals surface area contributed by atoms with Gasteiger partial charge in [-0.25, -0.2) is 0 Å². The molecule has 3 heteroatoms. The molecule has 1 N–H and O–H groups in total. The summed E-state index contributed by atoms with van der Waals surface area (Å²) in [5.74, 6) is -0.107. The highest BCUT2D eigenvalue weighted by molar-refractivity contribution is 6.29. The summed E-state index contributed by atoms with van der Waals surface area (Å²) >= 11 is 0. The Balaban J connectivity index is 1.56. The van der Waals surface area contributed by atoms with Gasteiger partial charge in [-0.1, -0.05) is 60.7 Å². The zero-order valence-corrected chi connectivity index (χ0v) is 15.8. The van der Waals surface area contributed by atoms with Gasteiger partial charge < -0.3 is 10.2 Å². The molecule has 0 bridgehead atoms. The number of carbonyl (C=O) groups excluding carboxylic acids is 1. The van der Waals surface area contributed by atoms with E-state index in [4.69, 9.17) is 0 Å². The predicted molar refractivity (Wildman–Crippen MR) is 117 cm³/mol. The number of rotatable bonds is 5. The van der Waals surface area contributed by atoms with E-state index in [0.29, 0.717) is 5.57 Å². The van der Waals surface area contributed by atoms with Crippen LogP contribution < -0.4 is 10.2 Å². The van der Waals surface area contributed by atoms with E-state index in [1.54, 1.807) is 0 Å². The molecule has 3 nitrogen and oxygen atoms in total. The average molecular weight is 368 g/mol. The van der Waals surface area contributed by atoms with Gasteiger partial charge in [0, 0.05) is 30.0 Å². The van der Waals surface area contributed by atoms with Gasteiger partial charge in [0.1, 0.15) is 0 Å². The minimum Gasteiger partial charge on any atom is -0.372 e. The fourth-order valence-electron chi connectivity index (χ4n) is 3.54. The van der Waals surface area contributed by atoms with Crippen LogP contribution in [0.5, 0.6) is 0 Å². The molecule has 28 heavy (non-hydrogen) atoms. The van der Waals surface area contributed by atoms with Crippen LogP contribution in [-0.2, 0) is 4.79 Å². The van der Waals surface area contributed by atoms with Crippen LogP contribution in [0.4, 0.5) is 11.4 Å². The number of nitrogens with one attached hydrogen (secondary N) is 1. The highest BCUT2D eigenvalue weighted by Gasteiger charge is 2.14. The van der Waals surface area contributed by atoms with E-state index < -0.39 is 0 Å². The summed E-state index contributed by atoms with van der Waals surface area (Å²) in [6.45, 7) is 2.23. The van der Waals surface area contributed by atoms with Crippen molar-refractivity contribution in [2.45, 2.75) is 12.8 Å². The van der Waals surface area contributed by atoms with Crippen molar-refractivity contribution in [1.29, 1.82) is 0 Å². The Morgan fingerprint density at radius 2 is 1.39 bits per heavy atom. The summed E-state index contributed by atoms with van der Waals surface area (Å²) in [5.41, 5.74) is 4.58. The van der Waals surface area contributed by atoms with Crippen molar-refractivity contribution in [1.82, 2.24) is 0 Å². The number of hydrogen-bond acceptors (Lipinski definition) is 2. The quantitative estimate of drug-likeness (QED) is 0.479. The highest BCUT2D eigenvalue weighted by Crippen LogP contribution is 2.24. The first-order valence-corrected chi connectivity index (χ1v) is 9.78. The van der Waals surface area contributed by atoms with Crippen LogP contribution in [0, 0.1) is 0 Å². The van der Waals surface area contributed by atoms with Gasteiger partial charge in [0.15, 0.2) is 0 Å². The Morgan fingerprint density at radius 3 is 2.04 bits per heavy atom. The molecular weight excluding hydrogens is 344 g/mol. The molecule has 0 spiro atoms. The molecule has 1 fully saturated rings. The van der Waals surface area contributed by atoms with Gasteiger partial charge in [0.25, 0.3) is 5.91 Å². The van der Waals surface area contributed by atoms with Crippen LogP contribution in [0.15, 0.2) is 84.9 Å². The Kier molecular flexibility index (Phi) is 5.53. The van der Waals surface area contributed by atoms with Crippen molar-refractivity contribution in [3.63, 3.8) is 0 Å². The fraction of sp³-hybridized carbons (Fsp3) is 0.160. The summed E-state index contributed by atoms with van der Waals surface area (Å²) in [6, 6.07) is 27.9. The van der Waals surface area contributed by atoms with Crippen molar-refractivity contribution < 1.29 is 4.79 Å². The number of nitrogens with zero attached hydrogens (tertiary/aromatic N) is 1. The Hall–Kier alpha value is -3.33. The first-order chi connectivity index (χ1) is 13.8. The number of anilines is 2. The van der Waals surface area contributed by atoms with Gasteiger partial charge in [0.2, 0.25) is 0 Å². The minimum atomic E-state index is -0.107. The van der Waals surface area contributed by atoms with Crippen molar-refractivity contribution in [2.24, 2.45) is 0 Å². The van der Waals surface area contributed by atoms with Crippen molar-refractivity contribution in [2.75, 3.05) is 23.3 Å². The maximum absolute atomic E-state index is 13.1. The Bertz CT molecular complexity index is 941. The molecule has 1 aliphatic rings. The molecule has 0 unspecified atom stereocenters. The van der Waals surface area contributed by atoms with Crippen LogP contribution in [0.1, 0.15) is 24.0 Å². The molecule has 1 amide bonds. The molecule has 4 rings (SSSR count). The van der Waals surface area contributed by atoms with E-state index in [1.807, 2.05) is 78.9 Å².